The topological polar surface area (TPSA) is 38.3 Å². The Morgan fingerprint density at radius 1 is 1.70 bits per heavy atom. The molecule has 3 nitrogen and oxygen atoms in total. The first-order valence-corrected chi connectivity index (χ1v) is 6.25. The molecule has 1 aliphatic heterocycles. The van der Waals surface area contributed by atoms with E-state index < -0.39 is 7.52 Å². The van der Waals surface area contributed by atoms with Crippen LogP contribution in [0.1, 0.15) is 6.42 Å². The fourth-order valence-electron chi connectivity index (χ4n) is 0.834. The molecule has 10 heavy (non-hydrogen) atoms. The van der Waals surface area contributed by atoms with Gasteiger partial charge in [-0.05, 0) is 6.42 Å². The van der Waals surface area contributed by atoms with Gasteiger partial charge in [0.05, 0.1) is 6.61 Å². The van der Waals surface area contributed by atoms with Crippen molar-refractivity contribution in [2.24, 2.45) is 0 Å². The summed E-state index contributed by atoms with van der Waals surface area (Å²) in [7, 11) is -2.41. The molecule has 1 aliphatic rings. The van der Waals surface area contributed by atoms with Gasteiger partial charge in [0.2, 0.25) is 0 Å². The van der Waals surface area contributed by atoms with Gasteiger partial charge in [0, 0.05) is 18.0 Å². The maximum absolute atomic E-state index is 11.5. The van der Waals surface area contributed by atoms with Crippen LogP contribution in [0.5, 0.6) is 0 Å². The summed E-state index contributed by atoms with van der Waals surface area (Å²) in [5.41, 5.74) is 0. The van der Waals surface area contributed by atoms with Crippen molar-refractivity contribution in [1.82, 2.24) is 5.09 Å². The third kappa shape index (κ3) is 2.35. The predicted octanol–water partition coefficient (Wildman–Crippen LogP) is 1.58. The Kier molecular flexibility index (Phi) is 3.37. The van der Waals surface area contributed by atoms with E-state index in [9.17, 15) is 4.57 Å². The minimum absolute atomic E-state index is 0.590. The van der Waals surface area contributed by atoms with Crippen molar-refractivity contribution >= 4 is 23.4 Å². The molecule has 0 radical (unpaired) electrons. The molecule has 0 spiro atoms. The predicted molar refractivity (Wildman–Crippen MR) is 44.8 cm³/mol. The molecule has 1 fully saturated rings. The summed E-state index contributed by atoms with van der Waals surface area (Å²) in [5.74, 6) is 0. The zero-order chi connectivity index (χ0) is 7.45. The molecule has 0 aliphatic carbocycles. The number of hydrogen-bond acceptors (Lipinski definition) is 2. The van der Waals surface area contributed by atoms with Crippen LogP contribution in [0.2, 0.25) is 0 Å². The maximum atomic E-state index is 11.5. The van der Waals surface area contributed by atoms with E-state index >= 15 is 0 Å². The van der Waals surface area contributed by atoms with E-state index in [-0.39, 0.29) is 0 Å². The molecule has 1 saturated heterocycles. The minimum Gasteiger partial charge on any atom is -0.317 e. The molecule has 0 amide bonds. The summed E-state index contributed by atoms with van der Waals surface area (Å²) >= 11 is 3.23. The smallest absolute Gasteiger partial charge is 0.270 e. The summed E-state index contributed by atoms with van der Waals surface area (Å²) < 4.78 is 16.6. The van der Waals surface area contributed by atoms with Crippen LogP contribution in [-0.2, 0) is 9.09 Å². The van der Waals surface area contributed by atoms with Crippen molar-refractivity contribution < 1.29 is 9.09 Å². The lowest BCUT2D eigenvalue weighted by atomic mass is 10.5. The van der Waals surface area contributed by atoms with E-state index in [0.717, 1.165) is 18.3 Å². The molecule has 5 heteroatoms. The zero-order valence-electron chi connectivity index (χ0n) is 5.68. The van der Waals surface area contributed by atoms with E-state index in [1.54, 1.807) is 0 Å². The van der Waals surface area contributed by atoms with Gasteiger partial charge in [0.1, 0.15) is 0 Å². The zero-order valence-corrected chi connectivity index (χ0v) is 8.16. The average Bonchev–Trinajstić information content (AvgIpc) is 1.89. The van der Waals surface area contributed by atoms with Crippen molar-refractivity contribution in [3.8, 4) is 0 Å². The first-order chi connectivity index (χ1) is 4.77. The largest absolute Gasteiger partial charge is 0.317 e. The van der Waals surface area contributed by atoms with Crippen LogP contribution >= 0.6 is 23.4 Å². The second-order valence-corrected chi connectivity index (χ2v) is 5.34. The summed E-state index contributed by atoms with van der Waals surface area (Å²) in [4.78, 5) is 0. The van der Waals surface area contributed by atoms with Crippen molar-refractivity contribution in [2.45, 2.75) is 6.42 Å². The molecule has 1 atom stereocenters. The number of hydrogen-bond donors (Lipinski definition) is 1. The molecule has 60 valence electrons. The summed E-state index contributed by atoms with van der Waals surface area (Å²) in [6, 6.07) is 0. The maximum Gasteiger partial charge on any atom is 0.270 e. The highest BCUT2D eigenvalue weighted by Crippen LogP contribution is 2.43. The summed E-state index contributed by atoms with van der Waals surface area (Å²) in [6.07, 6.45) is 1.55. The Balaban J connectivity index is 2.41. The molecule has 0 bridgehead atoms. The molecule has 1 rings (SSSR count). The van der Waals surface area contributed by atoms with Crippen molar-refractivity contribution in [1.29, 1.82) is 0 Å². The second kappa shape index (κ2) is 3.86. The van der Waals surface area contributed by atoms with Gasteiger partial charge in [-0.15, -0.1) is 0 Å². The Labute approximate surface area is 69.2 Å². The lowest BCUT2D eigenvalue weighted by Crippen LogP contribution is -2.23. The number of nitrogens with one attached hydrogen (secondary N) is 1. The highest BCUT2D eigenvalue weighted by atomic mass is 79.9. The highest BCUT2D eigenvalue weighted by Gasteiger charge is 2.24. The highest BCUT2D eigenvalue weighted by molar-refractivity contribution is 9.09. The number of rotatable bonds is 2. The summed E-state index contributed by atoms with van der Waals surface area (Å²) in [6.45, 7) is 1.46. The first kappa shape index (κ1) is 8.72. The van der Waals surface area contributed by atoms with Gasteiger partial charge in [-0.2, -0.15) is 0 Å². The number of alkyl halides is 1. The lowest BCUT2D eigenvalue weighted by Gasteiger charge is -2.23. The molecular weight excluding hydrogens is 217 g/mol. The van der Waals surface area contributed by atoms with Crippen LogP contribution in [-0.4, -0.2) is 24.6 Å². The Morgan fingerprint density at radius 2 is 2.50 bits per heavy atom. The van der Waals surface area contributed by atoms with E-state index in [2.05, 4.69) is 21.0 Å². The molecule has 0 saturated carbocycles. The van der Waals surface area contributed by atoms with Crippen LogP contribution < -0.4 is 5.09 Å². The van der Waals surface area contributed by atoms with Crippen LogP contribution in [0.3, 0.4) is 0 Å². The van der Waals surface area contributed by atoms with Gasteiger partial charge in [0.15, 0.2) is 0 Å². The van der Waals surface area contributed by atoms with E-state index in [1.165, 1.54) is 0 Å². The Hall–Kier alpha value is 0.630. The van der Waals surface area contributed by atoms with Gasteiger partial charge in [-0.1, -0.05) is 15.9 Å². The molecular formula is C5H11BrNO2P. The molecule has 0 unspecified atom stereocenters. The van der Waals surface area contributed by atoms with Crippen LogP contribution in [0.15, 0.2) is 0 Å². The minimum atomic E-state index is -2.41. The Morgan fingerprint density at radius 3 is 3.00 bits per heavy atom. The van der Waals surface area contributed by atoms with Crippen LogP contribution in [0.4, 0.5) is 0 Å². The van der Waals surface area contributed by atoms with Crippen molar-refractivity contribution in [2.75, 3.05) is 24.6 Å². The van der Waals surface area contributed by atoms with Gasteiger partial charge in [-0.3, -0.25) is 4.57 Å². The third-order valence-electron chi connectivity index (χ3n) is 1.35. The van der Waals surface area contributed by atoms with Crippen molar-refractivity contribution in [3.05, 3.63) is 0 Å². The van der Waals surface area contributed by atoms with Crippen molar-refractivity contribution in [3.63, 3.8) is 0 Å². The first-order valence-electron chi connectivity index (χ1n) is 3.31. The lowest BCUT2D eigenvalue weighted by molar-refractivity contribution is 0.278. The quantitative estimate of drug-likeness (QED) is 0.576. The third-order valence-corrected chi connectivity index (χ3v) is 4.48. The molecule has 0 aromatic heterocycles. The number of halogens is 1. The van der Waals surface area contributed by atoms with Gasteiger partial charge < -0.3 is 4.52 Å². The normalized spacial score (nSPS) is 34.1. The Bertz CT molecular complexity index is 134. The molecule has 1 N–H and O–H groups in total. The monoisotopic (exact) mass is 227 g/mol. The van der Waals surface area contributed by atoms with E-state index in [0.29, 0.717) is 12.8 Å². The van der Waals surface area contributed by atoms with E-state index in [1.807, 2.05) is 0 Å². The second-order valence-electron chi connectivity index (χ2n) is 2.18. The van der Waals surface area contributed by atoms with Gasteiger partial charge in [-0.25, -0.2) is 5.09 Å². The fourth-order valence-corrected chi connectivity index (χ4v) is 3.76. The molecule has 0 aromatic carbocycles. The van der Waals surface area contributed by atoms with E-state index in [4.69, 9.17) is 4.52 Å². The SMILES string of the molecule is O=[P@]1(CCBr)NCCCO1. The molecule has 0 aromatic rings. The van der Waals surface area contributed by atoms with Crippen LogP contribution in [0, 0.1) is 0 Å². The fraction of sp³-hybridized carbons (Fsp3) is 1.00. The van der Waals surface area contributed by atoms with Crippen LogP contribution in [0.25, 0.3) is 0 Å². The standard InChI is InChI=1S/C5H11BrNO2P/c6-2-5-10(8)7-3-1-4-9-10/h1-5H2,(H,7,8)/t10-/m0/s1. The average molecular weight is 228 g/mol. The molecule has 1 heterocycles. The van der Waals surface area contributed by atoms with Gasteiger partial charge in [0.25, 0.3) is 7.52 Å². The van der Waals surface area contributed by atoms with Gasteiger partial charge >= 0.3 is 0 Å². The summed E-state index contributed by atoms with van der Waals surface area (Å²) in [5, 5.41) is 3.63.